The van der Waals surface area contributed by atoms with Gasteiger partial charge in [-0.3, -0.25) is 4.79 Å². The topological polar surface area (TPSA) is 56.3 Å². The van der Waals surface area contributed by atoms with Gasteiger partial charge in [-0.05, 0) is 23.1 Å². The summed E-state index contributed by atoms with van der Waals surface area (Å²) in [6.45, 7) is 6.00. The molecule has 0 atom stereocenters. The number of ketones is 1. The second-order valence-electron chi connectivity index (χ2n) is 6.20. The molecule has 0 unspecified atom stereocenters. The van der Waals surface area contributed by atoms with Gasteiger partial charge in [-0.1, -0.05) is 56.6 Å². The van der Waals surface area contributed by atoms with E-state index in [-0.39, 0.29) is 28.5 Å². The Bertz CT molecular complexity index is 701. The molecule has 2 rings (SSSR count). The van der Waals surface area contributed by atoms with E-state index in [1.54, 1.807) is 12.1 Å². The van der Waals surface area contributed by atoms with Crippen molar-refractivity contribution in [1.82, 2.24) is 4.98 Å². The molecule has 4 nitrogen and oxygen atoms in total. The van der Waals surface area contributed by atoms with Crippen molar-refractivity contribution in [3.63, 3.8) is 0 Å². The quantitative estimate of drug-likeness (QED) is 0.481. The van der Waals surface area contributed by atoms with E-state index in [0.29, 0.717) is 5.56 Å². The van der Waals surface area contributed by atoms with Gasteiger partial charge in [0.25, 0.3) is 0 Å². The van der Waals surface area contributed by atoms with Crippen molar-refractivity contribution < 1.29 is 14.3 Å². The number of carbonyl (C=O) groups excluding carboxylic acids is 2. The van der Waals surface area contributed by atoms with Crippen LogP contribution in [-0.2, 0) is 10.2 Å². The first kappa shape index (κ1) is 17.2. The van der Waals surface area contributed by atoms with E-state index in [1.807, 2.05) is 12.1 Å². The molecule has 0 bridgehead atoms. The van der Waals surface area contributed by atoms with E-state index in [4.69, 9.17) is 16.3 Å². The van der Waals surface area contributed by atoms with Gasteiger partial charge in [-0.25, -0.2) is 9.78 Å². The average Bonchev–Trinajstić information content (AvgIpc) is 2.52. The van der Waals surface area contributed by atoms with Crippen molar-refractivity contribution in [2.45, 2.75) is 26.2 Å². The highest BCUT2D eigenvalue weighted by Gasteiger charge is 2.15. The lowest BCUT2D eigenvalue weighted by Crippen LogP contribution is -2.15. The number of Topliss-reactive ketones (excluding diaryl/α,β-unsaturated/α-hetero) is 1. The average molecular weight is 332 g/mol. The zero-order chi connectivity index (χ0) is 17.0. The lowest BCUT2D eigenvalue weighted by molar-refractivity contribution is 0.0474. The highest BCUT2D eigenvalue weighted by molar-refractivity contribution is 6.29. The molecule has 5 heteroatoms. The summed E-state index contributed by atoms with van der Waals surface area (Å²) in [6.07, 6.45) is 1.31. The predicted octanol–water partition coefficient (Wildman–Crippen LogP) is 4.07. The minimum atomic E-state index is -0.603. The van der Waals surface area contributed by atoms with Gasteiger partial charge in [0, 0.05) is 11.8 Å². The largest absolute Gasteiger partial charge is 0.454 e. The third-order valence-electron chi connectivity index (χ3n) is 3.37. The molecule has 2 aromatic rings. The molecule has 0 aliphatic heterocycles. The summed E-state index contributed by atoms with van der Waals surface area (Å²) in [5.74, 6) is -0.852. The number of nitrogens with zero attached hydrogens (tertiary/aromatic N) is 1. The molecule has 1 aromatic carbocycles. The molecule has 23 heavy (non-hydrogen) atoms. The zero-order valence-corrected chi connectivity index (χ0v) is 14.1. The number of halogens is 1. The summed E-state index contributed by atoms with van der Waals surface area (Å²) in [7, 11) is 0. The van der Waals surface area contributed by atoms with E-state index in [1.165, 1.54) is 18.3 Å². The van der Waals surface area contributed by atoms with Crippen molar-refractivity contribution in [3.8, 4) is 0 Å². The number of benzene rings is 1. The number of hydrogen-bond acceptors (Lipinski definition) is 4. The van der Waals surface area contributed by atoms with E-state index in [9.17, 15) is 9.59 Å². The Balaban J connectivity index is 1.97. The number of pyridine rings is 1. The smallest absolute Gasteiger partial charge is 0.340 e. The normalized spacial score (nSPS) is 11.1. The molecule has 0 saturated carbocycles. The number of carbonyl (C=O) groups is 2. The molecule has 0 fully saturated rings. The molecule has 120 valence electrons. The summed E-state index contributed by atoms with van der Waals surface area (Å²) >= 11 is 5.65. The van der Waals surface area contributed by atoms with Crippen LogP contribution in [-0.4, -0.2) is 23.3 Å². The van der Waals surface area contributed by atoms with E-state index in [0.717, 1.165) is 5.56 Å². The third kappa shape index (κ3) is 4.63. The first-order chi connectivity index (χ1) is 10.8. The number of aromatic nitrogens is 1. The van der Waals surface area contributed by atoms with Crippen LogP contribution < -0.4 is 0 Å². The standard InChI is InChI=1S/C18H18ClNO3/c1-18(2,3)14-7-4-12(5-8-14)15(21)11-23-17(22)13-6-9-16(19)20-10-13/h4-10H,11H2,1-3H3. The van der Waals surface area contributed by atoms with Crippen LogP contribution in [0.15, 0.2) is 42.6 Å². The molecular weight excluding hydrogens is 314 g/mol. The molecule has 0 aliphatic carbocycles. The van der Waals surface area contributed by atoms with Gasteiger partial charge in [0.2, 0.25) is 0 Å². The highest BCUT2D eigenvalue weighted by Crippen LogP contribution is 2.22. The highest BCUT2D eigenvalue weighted by atomic mass is 35.5. The van der Waals surface area contributed by atoms with Crippen LogP contribution in [0.1, 0.15) is 47.1 Å². The molecule has 0 spiro atoms. The number of hydrogen-bond donors (Lipinski definition) is 0. The summed E-state index contributed by atoms with van der Waals surface area (Å²) in [5.41, 5.74) is 1.93. The molecule has 0 radical (unpaired) electrons. The number of rotatable bonds is 4. The van der Waals surface area contributed by atoms with E-state index >= 15 is 0 Å². The molecule has 0 saturated heterocycles. The fraction of sp³-hybridized carbons (Fsp3) is 0.278. The first-order valence-electron chi connectivity index (χ1n) is 7.20. The Morgan fingerprint density at radius 1 is 1.04 bits per heavy atom. The van der Waals surface area contributed by atoms with Gasteiger partial charge in [0.05, 0.1) is 5.56 Å². The Morgan fingerprint density at radius 2 is 1.65 bits per heavy atom. The SMILES string of the molecule is CC(C)(C)c1ccc(C(=O)COC(=O)c2ccc(Cl)nc2)cc1. The van der Waals surface area contributed by atoms with E-state index in [2.05, 4.69) is 25.8 Å². The van der Waals surface area contributed by atoms with Crippen LogP contribution in [0.25, 0.3) is 0 Å². The lowest BCUT2D eigenvalue weighted by atomic mass is 9.86. The van der Waals surface area contributed by atoms with Gasteiger partial charge in [0.15, 0.2) is 12.4 Å². The lowest BCUT2D eigenvalue weighted by Gasteiger charge is -2.18. The minimum Gasteiger partial charge on any atom is -0.454 e. The van der Waals surface area contributed by atoms with Crippen molar-refractivity contribution in [3.05, 3.63) is 64.4 Å². The van der Waals surface area contributed by atoms with Crippen molar-refractivity contribution >= 4 is 23.4 Å². The van der Waals surface area contributed by atoms with Crippen LogP contribution in [0.3, 0.4) is 0 Å². The summed E-state index contributed by atoms with van der Waals surface area (Å²) in [4.78, 5) is 27.7. The monoisotopic (exact) mass is 331 g/mol. The second-order valence-corrected chi connectivity index (χ2v) is 6.58. The maximum Gasteiger partial charge on any atom is 0.340 e. The summed E-state index contributed by atoms with van der Waals surface area (Å²) < 4.78 is 5.01. The van der Waals surface area contributed by atoms with Crippen molar-refractivity contribution in [2.75, 3.05) is 6.61 Å². The Hall–Kier alpha value is -2.20. The van der Waals surface area contributed by atoms with Crippen LogP contribution in [0, 0.1) is 0 Å². The van der Waals surface area contributed by atoms with Gasteiger partial charge in [-0.2, -0.15) is 0 Å². The molecule has 0 amide bonds. The predicted molar refractivity (Wildman–Crippen MR) is 89.0 cm³/mol. The summed E-state index contributed by atoms with van der Waals surface area (Å²) in [6, 6.07) is 10.3. The van der Waals surface area contributed by atoms with Crippen LogP contribution in [0.5, 0.6) is 0 Å². The van der Waals surface area contributed by atoms with Crippen molar-refractivity contribution in [1.29, 1.82) is 0 Å². The van der Waals surface area contributed by atoms with Crippen LogP contribution in [0.2, 0.25) is 5.15 Å². The maximum atomic E-state index is 12.1. The molecular formula is C18H18ClNO3. The van der Waals surface area contributed by atoms with Gasteiger partial charge < -0.3 is 4.74 Å². The van der Waals surface area contributed by atoms with Crippen LogP contribution in [0.4, 0.5) is 0 Å². The number of ether oxygens (including phenoxy) is 1. The van der Waals surface area contributed by atoms with Crippen molar-refractivity contribution in [2.24, 2.45) is 0 Å². The van der Waals surface area contributed by atoms with Gasteiger partial charge >= 0.3 is 5.97 Å². The maximum absolute atomic E-state index is 12.1. The Labute approximate surface area is 140 Å². The van der Waals surface area contributed by atoms with Crippen LogP contribution >= 0.6 is 11.6 Å². The first-order valence-corrected chi connectivity index (χ1v) is 7.57. The molecule has 1 heterocycles. The molecule has 0 aliphatic rings. The van der Waals surface area contributed by atoms with Gasteiger partial charge in [-0.15, -0.1) is 0 Å². The zero-order valence-electron chi connectivity index (χ0n) is 13.3. The Morgan fingerprint density at radius 3 is 2.17 bits per heavy atom. The minimum absolute atomic E-state index is 0.0234. The summed E-state index contributed by atoms with van der Waals surface area (Å²) in [5, 5.41) is 0.288. The molecule has 1 aromatic heterocycles. The fourth-order valence-electron chi connectivity index (χ4n) is 1.95. The number of esters is 1. The second kappa shape index (κ2) is 6.92. The third-order valence-corrected chi connectivity index (χ3v) is 3.59. The Kier molecular flexibility index (Phi) is 5.16. The molecule has 0 N–H and O–H groups in total. The fourth-order valence-corrected chi connectivity index (χ4v) is 2.06. The van der Waals surface area contributed by atoms with Gasteiger partial charge in [0.1, 0.15) is 5.15 Å². The van der Waals surface area contributed by atoms with E-state index < -0.39 is 5.97 Å².